The van der Waals surface area contributed by atoms with Crippen LogP contribution in [0.1, 0.15) is 22.1 Å². The van der Waals surface area contributed by atoms with Crippen LogP contribution in [0.5, 0.6) is 11.5 Å². The van der Waals surface area contributed by atoms with Crippen LogP contribution in [0, 0.1) is 10.1 Å². The maximum absolute atomic E-state index is 13.2. The number of amides is 1. The average molecular weight is 395 g/mol. The first-order valence-corrected chi connectivity index (χ1v) is 8.06. The van der Waals surface area contributed by atoms with Crippen molar-refractivity contribution in [2.45, 2.75) is 12.3 Å². The Kier molecular flexibility index (Phi) is 4.02. The predicted octanol–water partition coefficient (Wildman–Crippen LogP) is 3.45. The van der Waals surface area contributed by atoms with E-state index >= 15 is 0 Å². The van der Waals surface area contributed by atoms with E-state index < -0.39 is 35.4 Å². The first-order valence-electron chi connectivity index (χ1n) is 8.06. The normalized spacial score (nSPS) is 17.9. The third kappa shape index (κ3) is 3.04. The van der Waals surface area contributed by atoms with Crippen molar-refractivity contribution in [3.05, 3.63) is 57.6 Å². The van der Waals surface area contributed by atoms with E-state index in [-0.39, 0.29) is 35.1 Å². The number of anilines is 1. The van der Waals surface area contributed by atoms with Gasteiger partial charge in [-0.3, -0.25) is 14.9 Å². The molecular formula is C17H12F3N3O5. The average Bonchev–Trinajstić information content (AvgIpc) is 3.09. The highest BCUT2D eigenvalue weighted by molar-refractivity contribution is 6.01. The summed E-state index contributed by atoms with van der Waals surface area (Å²) >= 11 is 0. The molecule has 28 heavy (non-hydrogen) atoms. The fraction of sp³-hybridized carbons (Fsp3) is 0.235. The minimum absolute atomic E-state index is 0.0476. The number of nitro groups is 1. The Morgan fingerprint density at radius 2 is 1.89 bits per heavy atom. The fourth-order valence-electron chi connectivity index (χ4n) is 3.22. The number of hydrogen-bond acceptors (Lipinski definition) is 6. The van der Waals surface area contributed by atoms with Gasteiger partial charge >= 0.3 is 6.18 Å². The van der Waals surface area contributed by atoms with Crippen LogP contribution in [0.15, 0.2) is 36.4 Å². The Morgan fingerprint density at radius 1 is 1.21 bits per heavy atom. The maximum atomic E-state index is 13.2. The molecular weight excluding hydrogens is 383 g/mol. The molecule has 1 atom stereocenters. The van der Waals surface area contributed by atoms with E-state index in [2.05, 4.69) is 5.32 Å². The highest BCUT2D eigenvalue weighted by atomic mass is 19.4. The number of rotatable bonds is 3. The minimum Gasteiger partial charge on any atom is -0.454 e. The quantitative estimate of drug-likeness (QED) is 0.632. The highest BCUT2D eigenvalue weighted by Gasteiger charge is 2.43. The van der Waals surface area contributed by atoms with Crippen LogP contribution >= 0.6 is 0 Å². The molecule has 0 fully saturated rings. The molecule has 0 aromatic heterocycles. The topological polar surface area (TPSA) is 93.9 Å². The molecule has 0 radical (unpaired) electrons. The van der Waals surface area contributed by atoms with Crippen LogP contribution in [0.3, 0.4) is 0 Å². The van der Waals surface area contributed by atoms with Gasteiger partial charge in [0.1, 0.15) is 12.7 Å². The van der Waals surface area contributed by atoms with Gasteiger partial charge in [0.25, 0.3) is 11.6 Å². The van der Waals surface area contributed by atoms with E-state index in [1.807, 2.05) is 0 Å². The summed E-state index contributed by atoms with van der Waals surface area (Å²) in [6.07, 6.45) is -6.12. The number of nitrogens with one attached hydrogen (secondary N) is 1. The molecule has 146 valence electrons. The molecule has 0 saturated carbocycles. The molecule has 11 heteroatoms. The summed E-state index contributed by atoms with van der Waals surface area (Å²) < 4.78 is 49.8. The zero-order valence-corrected chi connectivity index (χ0v) is 14.0. The van der Waals surface area contributed by atoms with Crippen molar-refractivity contribution in [2.75, 3.05) is 18.7 Å². The summed E-state index contributed by atoms with van der Waals surface area (Å²) in [6.45, 7) is -1.74. The van der Waals surface area contributed by atoms with E-state index in [4.69, 9.17) is 9.47 Å². The summed E-state index contributed by atoms with van der Waals surface area (Å²) in [5, 5.41) is 14.3. The summed E-state index contributed by atoms with van der Waals surface area (Å²) in [5.41, 5.74) is -0.295. The molecule has 2 aromatic carbocycles. The van der Waals surface area contributed by atoms with Gasteiger partial charge in [-0.25, -0.2) is 0 Å². The first-order chi connectivity index (χ1) is 13.2. The molecule has 2 heterocycles. The van der Waals surface area contributed by atoms with Crippen LogP contribution in [0.25, 0.3) is 0 Å². The number of halogens is 3. The number of benzene rings is 2. The van der Waals surface area contributed by atoms with Crippen molar-refractivity contribution in [3.63, 3.8) is 0 Å². The van der Waals surface area contributed by atoms with Crippen molar-refractivity contribution in [2.24, 2.45) is 0 Å². The number of fused-ring (bicyclic) bond motifs is 2. The number of para-hydroxylation sites is 1. The Balaban J connectivity index is 1.87. The van der Waals surface area contributed by atoms with Crippen LogP contribution in [-0.4, -0.2) is 35.2 Å². The largest absolute Gasteiger partial charge is 0.454 e. The van der Waals surface area contributed by atoms with E-state index in [0.717, 1.165) is 6.07 Å². The summed E-state index contributed by atoms with van der Waals surface area (Å²) in [7, 11) is 0. The molecule has 2 aliphatic rings. The molecule has 8 nitrogen and oxygen atoms in total. The molecule has 0 aliphatic carbocycles. The van der Waals surface area contributed by atoms with Gasteiger partial charge in [-0.2, -0.15) is 13.2 Å². The van der Waals surface area contributed by atoms with Gasteiger partial charge in [-0.1, -0.05) is 12.1 Å². The standard InChI is InChI=1S/C17H12F3N3O5/c18-17(19,20)7-22-15(21-11-4-2-1-3-9(11)16(22)24)10-5-13-14(28-8-27-13)6-12(10)23(25)26/h1-6,15,21H,7-8H2/t15-/m0/s1. The predicted molar refractivity (Wildman–Crippen MR) is 89.1 cm³/mol. The molecule has 4 rings (SSSR count). The molecule has 1 N–H and O–H groups in total. The molecule has 1 amide bonds. The second kappa shape index (κ2) is 6.29. The van der Waals surface area contributed by atoms with Crippen molar-refractivity contribution in [1.82, 2.24) is 4.90 Å². The Labute approximate surface area is 155 Å². The third-order valence-electron chi connectivity index (χ3n) is 4.39. The number of hydrogen-bond donors (Lipinski definition) is 1. The van der Waals surface area contributed by atoms with Crippen molar-refractivity contribution in [3.8, 4) is 11.5 Å². The number of alkyl halides is 3. The van der Waals surface area contributed by atoms with E-state index in [1.54, 1.807) is 6.07 Å². The monoisotopic (exact) mass is 395 g/mol. The maximum Gasteiger partial charge on any atom is 0.406 e. The van der Waals surface area contributed by atoms with Gasteiger partial charge in [-0.15, -0.1) is 0 Å². The molecule has 2 aromatic rings. The van der Waals surface area contributed by atoms with Crippen LogP contribution in [0.2, 0.25) is 0 Å². The summed E-state index contributed by atoms with van der Waals surface area (Å²) in [5.74, 6) is -0.621. The van der Waals surface area contributed by atoms with Crippen LogP contribution in [-0.2, 0) is 0 Å². The molecule has 0 bridgehead atoms. The lowest BCUT2D eigenvalue weighted by Gasteiger charge is -2.38. The van der Waals surface area contributed by atoms with Crippen LogP contribution in [0.4, 0.5) is 24.5 Å². The Morgan fingerprint density at radius 3 is 2.57 bits per heavy atom. The van der Waals surface area contributed by atoms with Crippen molar-refractivity contribution < 1.29 is 32.4 Å². The lowest BCUT2D eigenvalue weighted by molar-refractivity contribution is -0.386. The Hall–Kier alpha value is -3.50. The number of carbonyl (C=O) groups excluding carboxylic acids is 1. The second-order valence-electron chi connectivity index (χ2n) is 6.16. The lowest BCUT2D eigenvalue weighted by Crippen LogP contribution is -2.47. The summed E-state index contributed by atoms with van der Waals surface area (Å²) in [6, 6.07) is 8.33. The highest BCUT2D eigenvalue weighted by Crippen LogP contribution is 2.44. The zero-order valence-electron chi connectivity index (χ0n) is 14.0. The van der Waals surface area contributed by atoms with Gasteiger partial charge in [0.15, 0.2) is 11.5 Å². The Bertz CT molecular complexity index is 979. The zero-order chi connectivity index (χ0) is 20.1. The summed E-state index contributed by atoms with van der Waals surface area (Å²) in [4.78, 5) is 24.1. The fourth-order valence-corrected chi connectivity index (χ4v) is 3.22. The van der Waals surface area contributed by atoms with Gasteiger partial charge in [0, 0.05) is 5.69 Å². The van der Waals surface area contributed by atoms with Crippen molar-refractivity contribution >= 4 is 17.3 Å². The molecule has 2 aliphatic heterocycles. The number of ether oxygens (including phenoxy) is 2. The SMILES string of the molecule is O=C1c2ccccc2N[C@H](c2cc3c(cc2[N+](=O)[O-])OCO3)N1CC(F)(F)F. The molecule has 0 spiro atoms. The van der Waals surface area contributed by atoms with Gasteiger partial charge in [0.2, 0.25) is 6.79 Å². The second-order valence-corrected chi connectivity index (χ2v) is 6.16. The third-order valence-corrected chi connectivity index (χ3v) is 4.39. The van der Waals surface area contributed by atoms with Gasteiger partial charge in [0.05, 0.1) is 22.1 Å². The first kappa shape index (κ1) is 17.9. The lowest BCUT2D eigenvalue weighted by atomic mass is 10.0. The smallest absolute Gasteiger partial charge is 0.406 e. The molecule has 0 saturated heterocycles. The van der Waals surface area contributed by atoms with E-state index in [0.29, 0.717) is 4.90 Å². The van der Waals surface area contributed by atoms with Crippen LogP contribution < -0.4 is 14.8 Å². The minimum atomic E-state index is -4.70. The van der Waals surface area contributed by atoms with Gasteiger partial charge in [-0.05, 0) is 18.2 Å². The number of nitro benzene ring substituents is 1. The van der Waals surface area contributed by atoms with Crippen molar-refractivity contribution in [1.29, 1.82) is 0 Å². The number of nitrogens with zero attached hydrogens (tertiary/aromatic N) is 2. The van der Waals surface area contributed by atoms with E-state index in [1.165, 1.54) is 24.3 Å². The van der Waals surface area contributed by atoms with E-state index in [9.17, 15) is 28.1 Å². The number of carbonyl (C=O) groups is 1. The van der Waals surface area contributed by atoms with Gasteiger partial charge < -0.3 is 19.7 Å². The molecule has 0 unspecified atom stereocenters.